The summed E-state index contributed by atoms with van der Waals surface area (Å²) in [5.41, 5.74) is 6.24. The summed E-state index contributed by atoms with van der Waals surface area (Å²) in [6, 6.07) is 10.8. The lowest BCUT2D eigenvalue weighted by Gasteiger charge is -2.31. The van der Waals surface area contributed by atoms with Crippen LogP contribution < -0.4 is 0 Å². The Morgan fingerprint density at radius 2 is 2.23 bits per heavy atom. The third-order valence-corrected chi connectivity index (χ3v) is 5.86. The summed E-state index contributed by atoms with van der Waals surface area (Å²) >= 11 is 1.68. The zero-order valence-corrected chi connectivity index (χ0v) is 15.2. The largest absolute Gasteiger partial charge is 0.441 e. The molecule has 0 bridgehead atoms. The van der Waals surface area contributed by atoms with E-state index in [9.17, 15) is 0 Å². The standard InChI is InChI=1S/C20H18N4OS/c1-13(14-4-5-19-16(9-14)22-12-26-19)24-8-6-18-17(11-24)23-20(25-18)15-3-2-7-21-10-15/h2-5,7,9-10,12-13H,6,8,11H2,1H3. The molecule has 0 spiro atoms. The molecule has 0 radical (unpaired) electrons. The van der Waals surface area contributed by atoms with Crippen LogP contribution in [0, 0.1) is 0 Å². The molecule has 1 aliphatic heterocycles. The Morgan fingerprint density at radius 3 is 3.12 bits per heavy atom. The van der Waals surface area contributed by atoms with Crippen molar-refractivity contribution in [3.05, 3.63) is 65.3 Å². The number of pyridine rings is 1. The number of rotatable bonds is 3. The third-order valence-electron chi connectivity index (χ3n) is 5.05. The van der Waals surface area contributed by atoms with Crippen molar-refractivity contribution >= 4 is 21.6 Å². The smallest absolute Gasteiger partial charge is 0.228 e. The molecule has 4 aromatic rings. The molecule has 1 unspecified atom stereocenters. The molecule has 1 atom stereocenters. The number of benzene rings is 1. The summed E-state index contributed by atoms with van der Waals surface area (Å²) in [5.74, 6) is 1.67. The second kappa shape index (κ2) is 6.30. The number of fused-ring (bicyclic) bond motifs is 2. The number of hydrogen-bond donors (Lipinski definition) is 0. The van der Waals surface area contributed by atoms with Crippen molar-refractivity contribution in [2.24, 2.45) is 0 Å². The van der Waals surface area contributed by atoms with Gasteiger partial charge in [-0.25, -0.2) is 9.97 Å². The first-order valence-corrected chi connectivity index (χ1v) is 9.62. The lowest BCUT2D eigenvalue weighted by atomic mass is 10.0. The van der Waals surface area contributed by atoms with Crippen LogP contribution in [0.15, 0.2) is 52.7 Å². The van der Waals surface area contributed by atoms with E-state index in [-0.39, 0.29) is 0 Å². The highest BCUT2D eigenvalue weighted by molar-refractivity contribution is 7.16. The molecule has 6 heteroatoms. The Morgan fingerprint density at radius 1 is 1.27 bits per heavy atom. The predicted octanol–water partition coefficient (Wildman–Crippen LogP) is 4.47. The van der Waals surface area contributed by atoms with Gasteiger partial charge in [0.25, 0.3) is 0 Å². The summed E-state index contributed by atoms with van der Waals surface area (Å²) in [6.07, 6.45) is 4.43. The maximum atomic E-state index is 5.99. The second-order valence-corrected chi connectivity index (χ2v) is 7.49. The first-order valence-electron chi connectivity index (χ1n) is 8.74. The number of aromatic nitrogens is 3. The number of oxazole rings is 1. The molecule has 4 heterocycles. The molecule has 0 aliphatic carbocycles. The first-order chi connectivity index (χ1) is 12.8. The molecule has 0 N–H and O–H groups in total. The number of nitrogens with zero attached hydrogens (tertiary/aromatic N) is 4. The van der Waals surface area contributed by atoms with Gasteiger partial charge in [0, 0.05) is 37.9 Å². The second-order valence-electron chi connectivity index (χ2n) is 6.61. The van der Waals surface area contributed by atoms with Gasteiger partial charge in [0.2, 0.25) is 5.89 Å². The molecule has 5 rings (SSSR count). The van der Waals surface area contributed by atoms with Gasteiger partial charge in [0.1, 0.15) is 5.76 Å². The molecule has 0 saturated heterocycles. The molecule has 130 valence electrons. The fourth-order valence-corrected chi connectivity index (χ4v) is 4.17. The Kier molecular flexibility index (Phi) is 3.80. The van der Waals surface area contributed by atoms with Crippen LogP contribution in [0.2, 0.25) is 0 Å². The van der Waals surface area contributed by atoms with E-state index >= 15 is 0 Å². The van der Waals surface area contributed by atoms with Crippen LogP contribution in [-0.4, -0.2) is 26.4 Å². The van der Waals surface area contributed by atoms with Gasteiger partial charge >= 0.3 is 0 Å². The topological polar surface area (TPSA) is 55.1 Å². The van der Waals surface area contributed by atoms with Crippen LogP contribution >= 0.6 is 11.3 Å². The van der Waals surface area contributed by atoms with Crippen molar-refractivity contribution in [3.8, 4) is 11.5 Å². The molecule has 0 saturated carbocycles. The summed E-state index contributed by atoms with van der Waals surface area (Å²) < 4.78 is 7.22. The van der Waals surface area contributed by atoms with Crippen LogP contribution in [-0.2, 0) is 13.0 Å². The SMILES string of the molecule is CC(c1ccc2scnc2c1)N1CCc2oc(-c3cccnc3)nc2C1. The van der Waals surface area contributed by atoms with E-state index in [4.69, 9.17) is 9.40 Å². The maximum Gasteiger partial charge on any atom is 0.228 e. The average Bonchev–Trinajstić information content (AvgIpc) is 3.33. The van der Waals surface area contributed by atoms with Crippen molar-refractivity contribution in [2.45, 2.75) is 25.9 Å². The highest BCUT2D eigenvalue weighted by Gasteiger charge is 2.26. The fraction of sp³-hybridized carbons (Fsp3) is 0.250. The van der Waals surface area contributed by atoms with Gasteiger partial charge in [-0.05, 0) is 36.8 Å². The van der Waals surface area contributed by atoms with Crippen LogP contribution in [0.1, 0.15) is 30.0 Å². The van der Waals surface area contributed by atoms with Gasteiger partial charge in [0.05, 0.1) is 27.0 Å². The summed E-state index contributed by atoms with van der Waals surface area (Å²) in [7, 11) is 0. The van der Waals surface area contributed by atoms with Crippen molar-refractivity contribution < 1.29 is 4.42 Å². The molecule has 3 aromatic heterocycles. The number of thiazole rings is 1. The van der Waals surface area contributed by atoms with Crippen LogP contribution in [0.5, 0.6) is 0 Å². The zero-order chi connectivity index (χ0) is 17.5. The molecular weight excluding hydrogens is 344 g/mol. The molecule has 1 aromatic carbocycles. The van der Waals surface area contributed by atoms with Gasteiger partial charge < -0.3 is 4.42 Å². The van der Waals surface area contributed by atoms with E-state index in [0.29, 0.717) is 11.9 Å². The van der Waals surface area contributed by atoms with Crippen molar-refractivity contribution in [1.29, 1.82) is 0 Å². The molecule has 0 fully saturated rings. The van der Waals surface area contributed by atoms with E-state index in [1.165, 1.54) is 10.3 Å². The third kappa shape index (κ3) is 2.71. The average molecular weight is 362 g/mol. The normalized spacial score (nSPS) is 15.9. The Balaban J connectivity index is 1.40. The Labute approximate surface area is 155 Å². The predicted molar refractivity (Wildman–Crippen MR) is 102 cm³/mol. The van der Waals surface area contributed by atoms with E-state index in [0.717, 1.165) is 42.0 Å². The molecule has 5 nitrogen and oxygen atoms in total. The molecular formula is C20H18N4OS. The highest BCUT2D eigenvalue weighted by Crippen LogP contribution is 2.31. The van der Waals surface area contributed by atoms with Gasteiger partial charge in [-0.2, -0.15) is 0 Å². The fourth-order valence-electron chi connectivity index (χ4n) is 3.51. The summed E-state index contributed by atoms with van der Waals surface area (Å²) in [4.78, 5) is 15.8. The molecule has 1 aliphatic rings. The van der Waals surface area contributed by atoms with Gasteiger partial charge in [-0.15, -0.1) is 11.3 Å². The van der Waals surface area contributed by atoms with Gasteiger partial charge in [0.15, 0.2) is 0 Å². The monoisotopic (exact) mass is 362 g/mol. The first kappa shape index (κ1) is 15.7. The summed E-state index contributed by atoms with van der Waals surface area (Å²) in [5, 5.41) is 0. The highest BCUT2D eigenvalue weighted by atomic mass is 32.1. The minimum atomic E-state index is 0.313. The molecule has 0 amide bonds. The number of hydrogen-bond acceptors (Lipinski definition) is 6. The van der Waals surface area contributed by atoms with E-state index in [1.54, 1.807) is 23.7 Å². The van der Waals surface area contributed by atoms with Crippen LogP contribution in [0.25, 0.3) is 21.7 Å². The van der Waals surface area contributed by atoms with Crippen molar-refractivity contribution in [1.82, 2.24) is 19.9 Å². The van der Waals surface area contributed by atoms with Crippen molar-refractivity contribution in [3.63, 3.8) is 0 Å². The lowest BCUT2D eigenvalue weighted by molar-refractivity contribution is 0.183. The maximum absolute atomic E-state index is 5.99. The summed E-state index contributed by atoms with van der Waals surface area (Å²) in [6.45, 7) is 4.01. The van der Waals surface area contributed by atoms with Crippen molar-refractivity contribution in [2.75, 3.05) is 6.54 Å². The zero-order valence-electron chi connectivity index (χ0n) is 14.4. The Bertz CT molecular complexity index is 1060. The van der Waals surface area contributed by atoms with E-state index in [2.05, 4.69) is 40.0 Å². The minimum Gasteiger partial charge on any atom is -0.441 e. The molecule has 26 heavy (non-hydrogen) atoms. The van der Waals surface area contributed by atoms with Crippen LogP contribution in [0.3, 0.4) is 0 Å². The quantitative estimate of drug-likeness (QED) is 0.538. The minimum absolute atomic E-state index is 0.313. The Hall–Kier alpha value is -2.57. The van der Waals surface area contributed by atoms with Crippen LogP contribution in [0.4, 0.5) is 0 Å². The van der Waals surface area contributed by atoms with Gasteiger partial charge in [-0.1, -0.05) is 6.07 Å². The van der Waals surface area contributed by atoms with Gasteiger partial charge in [-0.3, -0.25) is 9.88 Å². The van der Waals surface area contributed by atoms with E-state index in [1.807, 2.05) is 17.6 Å². The van der Waals surface area contributed by atoms with E-state index < -0.39 is 0 Å². The lowest BCUT2D eigenvalue weighted by Crippen LogP contribution is -2.32.